The fraction of sp³-hybridized carbons (Fsp3) is 0.538. The van der Waals surface area contributed by atoms with Gasteiger partial charge in [-0.1, -0.05) is 6.92 Å². The number of halogens is 1. The third kappa shape index (κ3) is 4.94. The molecular weight excluding hydrogens is 357 g/mol. The molecule has 1 rings (SSSR count). The van der Waals surface area contributed by atoms with Crippen molar-refractivity contribution < 1.29 is 4.92 Å². The Bertz CT molecular complexity index is 440. The molecule has 0 aliphatic rings. The van der Waals surface area contributed by atoms with Crippen LogP contribution in [0, 0.1) is 13.7 Å². The summed E-state index contributed by atoms with van der Waals surface area (Å²) < 4.78 is 0.867. The second-order valence-corrected chi connectivity index (χ2v) is 5.83. The molecule has 0 heterocycles. The zero-order valence-corrected chi connectivity index (χ0v) is 13.7. The van der Waals surface area contributed by atoms with E-state index in [1.807, 2.05) is 6.07 Å². The third-order valence-corrected chi connectivity index (χ3v) is 3.95. The lowest BCUT2D eigenvalue weighted by Crippen LogP contribution is -2.32. The average Bonchev–Trinajstić information content (AvgIpc) is 2.38. The highest BCUT2D eigenvalue weighted by atomic mass is 127. The molecule has 0 aliphatic carbocycles. The topological polar surface area (TPSA) is 58.4 Å². The van der Waals surface area contributed by atoms with Gasteiger partial charge in [0.05, 0.1) is 4.92 Å². The molecule has 1 unspecified atom stereocenters. The van der Waals surface area contributed by atoms with Crippen LogP contribution in [0.2, 0.25) is 0 Å². The van der Waals surface area contributed by atoms with Gasteiger partial charge in [0.25, 0.3) is 5.69 Å². The van der Waals surface area contributed by atoms with E-state index in [1.165, 1.54) is 0 Å². The van der Waals surface area contributed by atoms with Gasteiger partial charge in [-0.25, -0.2) is 0 Å². The molecule has 0 bridgehead atoms. The predicted octanol–water partition coefficient (Wildman–Crippen LogP) is 3.34. The smallest absolute Gasteiger partial charge is 0.293 e. The quantitative estimate of drug-likeness (QED) is 0.450. The van der Waals surface area contributed by atoms with E-state index in [1.54, 1.807) is 12.1 Å². The van der Waals surface area contributed by atoms with Crippen molar-refractivity contribution in [3.63, 3.8) is 0 Å². The molecule has 1 atom stereocenters. The molecule has 5 nitrogen and oxygen atoms in total. The number of likely N-dealkylation sites (N-methyl/N-ethyl adjacent to an activating group) is 1. The van der Waals surface area contributed by atoms with Crippen LogP contribution >= 0.6 is 22.6 Å². The molecule has 0 saturated heterocycles. The first-order chi connectivity index (χ1) is 8.95. The zero-order chi connectivity index (χ0) is 14.4. The normalized spacial score (nSPS) is 12.5. The van der Waals surface area contributed by atoms with E-state index in [-0.39, 0.29) is 10.6 Å². The van der Waals surface area contributed by atoms with Crippen molar-refractivity contribution >= 4 is 34.0 Å². The van der Waals surface area contributed by atoms with E-state index in [4.69, 9.17) is 0 Å². The van der Waals surface area contributed by atoms with E-state index < -0.39 is 0 Å². The monoisotopic (exact) mass is 377 g/mol. The Balaban J connectivity index is 2.61. The summed E-state index contributed by atoms with van der Waals surface area (Å²) >= 11 is 2.08. The van der Waals surface area contributed by atoms with Gasteiger partial charge in [0.1, 0.15) is 5.69 Å². The SMILES string of the molecule is CCC(C)N(C)CCNc1ccc(I)cc1[N+](=O)[O-]. The third-order valence-electron chi connectivity index (χ3n) is 3.28. The highest BCUT2D eigenvalue weighted by Gasteiger charge is 2.14. The first-order valence-electron chi connectivity index (χ1n) is 6.33. The minimum absolute atomic E-state index is 0.137. The van der Waals surface area contributed by atoms with Gasteiger partial charge in [-0.2, -0.15) is 0 Å². The molecule has 0 aromatic heterocycles. The Morgan fingerprint density at radius 1 is 1.53 bits per heavy atom. The molecule has 0 spiro atoms. The molecule has 6 heteroatoms. The minimum Gasteiger partial charge on any atom is -0.378 e. The van der Waals surface area contributed by atoms with E-state index in [9.17, 15) is 10.1 Å². The first kappa shape index (κ1) is 16.2. The molecule has 19 heavy (non-hydrogen) atoms. The van der Waals surface area contributed by atoms with E-state index >= 15 is 0 Å². The summed E-state index contributed by atoms with van der Waals surface area (Å²) in [5.41, 5.74) is 0.723. The molecule has 1 aromatic rings. The van der Waals surface area contributed by atoms with Crippen LogP contribution in [0.5, 0.6) is 0 Å². The molecule has 0 amide bonds. The van der Waals surface area contributed by atoms with Crippen molar-refractivity contribution in [1.82, 2.24) is 4.90 Å². The fourth-order valence-electron chi connectivity index (χ4n) is 1.70. The van der Waals surface area contributed by atoms with Crippen LogP contribution in [0.25, 0.3) is 0 Å². The highest BCUT2D eigenvalue weighted by Crippen LogP contribution is 2.25. The van der Waals surface area contributed by atoms with Gasteiger partial charge in [0, 0.05) is 28.8 Å². The number of nitrogens with zero attached hydrogens (tertiary/aromatic N) is 2. The second kappa shape index (κ2) is 7.64. The lowest BCUT2D eigenvalue weighted by Gasteiger charge is -2.23. The lowest BCUT2D eigenvalue weighted by atomic mass is 10.2. The zero-order valence-electron chi connectivity index (χ0n) is 11.5. The molecule has 0 radical (unpaired) electrons. The number of nitro groups is 1. The van der Waals surface area contributed by atoms with Crippen molar-refractivity contribution in [2.45, 2.75) is 26.3 Å². The number of hydrogen-bond donors (Lipinski definition) is 1. The van der Waals surface area contributed by atoms with Crippen molar-refractivity contribution in [1.29, 1.82) is 0 Å². The van der Waals surface area contributed by atoms with Crippen LogP contribution in [0.15, 0.2) is 18.2 Å². The van der Waals surface area contributed by atoms with Gasteiger partial charge in [-0.15, -0.1) is 0 Å². The Labute approximate surface area is 127 Å². The van der Waals surface area contributed by atoms with Gasteiger partial charge in [-0.3, -0.25) is 10.1 Å². The molecule has 106 valence electrons. The minimum atomic E-state index is -0.344. The van der Waals surface area contributed by atoms with Crippen LogP contribution in [0.3, 0.4) is 0 Å². The highest BCUT2D eigenvalue weighted by molar-refractivity contribution is 14.1. The Kier molecular flexibility index (Phi) is 6.50. The fourth-order valence-corrected chi connectivity index (χ4v) is 2.18. The van der Waals surface area contributed by atoms with Crippen LogP contribution in [-0.4, -0.2) is 36.0 Å². The van der Waals surface area contributed by atoms with Crippen LogP contribution in [0.4, 0.5) is 11.4 Å². The van der Waals surface area contributed by atoms with Gasteiger partial charge < -0.3 is 10.2 Å². The van der Waals surface area contributed by atoms with E-state index in [0.29, 0.717) is 18.3 Å². The van der Waals surface area contributed by atoms with Crippen molar-refractivity contribution in [3.05, 3.63) is 31.9 Å². The largest absolute Gasteiger partial charge is 0.378 e. The van der Waals surface area contributed by atoms with E-state index in [0.717, 1.165) is 16.5 Å². The summed E-state index contributed by atoms with van der Waals surface area (Å²) in [6, 6.07) is 5.74. The molecule has 1 aromatic carbocycles. The lowest BCUT2D eigenvalue weighted by molar-refractivity contribution is -0.384. The summed E-state index contributed by atoms with van der Waals surface area (Å²) in [4.78, 5) is 12.9. The maximum Gasteiger partial charge on any atom is 0.293 e. The van der Waals surface area contributed by atoms with Crippen LogP contribution in [0.1, 0.15) is 20.3 Å². The summed E-state index contributed by atoms with van der Waals surface area (Å²) in [5.74, 6) is 0. The summed E-state index contributed by atoms with van der Waals surface area (Å²) in [6.07, 6.45) is 1.10. The molecule has 0 fully saturated rings. The number of hydrogen-bond acceptors (Lipinski definition) is 4. The maximum absolute atomic E-state index is 11.0. The first-order valence-corrected chi connectivity index (χ1v) is 7.41. The second-order valence-electron chi connectivity index (χ2n) is 4.58. The molecule has 0 saturated carbocycles. The van der Waals surface area contributed by atoms with Gasteiger partial charge >= 0.3 is 0 Å². The number of anilines is 1. The Morgan fingerprint density at radius 2 is 2.21 bits per heavy atom. The van der Waals surface area contributed by atoms with Crippen molar-refractivity contribution in [3.8, 4) is 0 Å². The standard InChI is InChI=1S/C13H20IN3O2/c1-4-10(2)16(3)8-7-15-12-6-5-11(14)9-13(12)17(18)19/h5-6,9-10,15H,4,7-8H2,1-3H3. The Hall–Kier alpha value is -0.890. The maximum atomic E-state index is 11.0. The summed E-state index contributed by atoms with van der Waals surface area (Å²) in [7, 11) is 2.07. The van der Waals surface area contributed by atoms with Gasteiger partial charge in [0.2, 0.25) is 0 Å². The predicted molar refractivity (Wildman–Crippen MR) is 86.7 cm³/mol. The van der Waals surface area contributed by atoms with Gasteiger partial charge in [-0.05, 0) is 55.1 Å². The Morgan fingerprint density at radius 3 is 2.79 bits per heavy atom. The molecule has 0 aliphatic heterocycles. The van der Waals surface area contributed by atoms with Crippen LogP contribution in [-0.2, 0) is 0 Å². The van der Waals surface area contributed by atoms with Crippen LogP contribution < -0.4 is 5.32 Å². The molecular formula is C13H20IN3O2. The summed E-state index contributed by atoms with van der Waals surface area (Å²) in [6.45, 7) is 5.88. The van der Waals surface area contributed by atoms with Gasteiger partial charge in [0.15, 0.2) is 0 Å². The summed E-state index contributed by atoms with van der Waals surface area (Å²) in [5, 5.41) is 14.1. The number of rotatable bonds is 7. The number of nitro benzene ring substituents is 1. The number of nitrogens with one attached hydrogen (secondary N) is 1. The van der Waals surface area contributed by atoms with E-state index in [2.05, 4.69) is 53.7 Å². The molecule has 1 N–H and O–H groups in total. The number of benzene rings is 1. The van der Waals surface area contributed by atoms with Crippen molar-refractivity contribution in [2.75, 3.05) is 25.5 Å². The average molecular weight is 377 g/mol. The van der Waals surface area contributed by atoms with Crippen molar-refractivity contribution in [2.24, 2.45) is 0 Å².